The van der Waals surface area contributed by atoms with Gasteiger partial charge in [-0.15, -0.1) is 0 Å². The fourth-order valence-electron chi connectivity index (χ4n) is 3.31. The lowest BCUT2D eigenvalue weighted by Gasteiger charge is -2.33. The standard InChI is InChI=1S/C15H28N2O3/c18-11-14(19)10-17-7-5-12(6-8-17)9-16-15(20)13-3-1-2-4-13/h12-14,18-19H,1-11H2,(H,16,20). The van der Waals surface area contributed by atoms with Crippen molar-refractivity contribution in [1.29, 1.82) is 0 Å². The number of amides is 1. The first-order chi connectivity index (χ1) is 9.69. The molecule has 1 atom stereocenters. The van der Waals surface area contributed by atoms with Crippen molar-refractivity contribution in [3.8, 4) is 0 Å². The van der Waals surface area contributed by atoms with Crippen LogP contribution in [0.1, 0.15) is 38.5 Å². The number of likely N-dealkylation sites (tertiary alicyclic amines) is 1. The summed E-state index contributed by atoms with van der Waals surface area (Å²) in [5, 5.41) is 21.4. The highest BCUT2D eigenvalue weighted by atomic mass is 16.3. The minimum Gasteiger partial charge on any atom is -0.394 e. The first-order valence-electron chi connectivity index (χ1n) is 7.98. The van der Waals surface area contributed by atoms with Crippen molar-refractivity contribution in [2.24, 2.45) is 11.8 Å². The van der Waals surface area contributed by atoms with Crippen LogP contribution >= 0.6 is 0 Å². The highest BCUT2D eigenvalue weighted by Gasteiger charge is 2.25. The molecular weight excluding hydrogens is 256 g/mol. The molecule has 2 rings (SSSR count). The van der Waals surface area contributed by atoms with Gasteiger partial charge in [0.2, 0.25) is 5.91 Å². The van der Waals surface area contributed by atoms with Crippen molar-refractivity contribution in [2.45, 2.75) is 44.6 Å². The first kappa shape index (κ1) is 15.7. The molecule has 0 aromatic heterocycles. The van der Waals surface area contributed by atoms with Gasteiger partial charge < -0.3 is 20.4 Å². The van der Waals surface area contributed by atoms with Crippen molar-refractivity contribution in [2.75, 3.05) is 32.8 Å². The molecule has 3 N–H and O–H groups in total. The Morgan fingerprint density at radius 2 is 1.85 bits per heavy atom. The highest BCUT2D eigenvalue weighted by molar-refractivity contribution is 5.78. The van der Waals surface area contributed by atoms with Crippen molar-refractivity contribution in [3.05, 3.63) is 0 Å². The van der Waals surface area contributed by atoms with Gasteiger partial charge in [0, 0.05) is 19.0 Å². The largest absolute Gasteiger partial charge is 0.394 e. The Hall–Kier alpha value is -0.650. The van der Waals surface area contributed by atoms with Crippen LogP contribution in [0.3, 0.4) is 0 Å². The van der Waals surface area contributed by atoms with Gasteiger partial charge in [-0.3, -0.25) is 4.79 Å². The van der Waals surface area contributed by atoms with Crippen molar-refractivity contribution in [3.63, 3.8) is 0 Å². The van der Waals surface area contributed by atoms with Crippen LogP contribution in [0.4, 0.5) is 0 Å². The molecule has 2 aliphatic rings. The SMILES string of the molecule is O=C(NCC1CCN(CC(O)CO)CC1)C1CCCC1. The maximum Gasteiger partial charge on any atom is 0.223 e. The zero-order chi connectivity index (χ0) is 14.4. The second kappa shape index (κ2) is 7.96. The Morgan fingerprint density at radius 3 is 2.45 bits per heavy atom. The molecule has 1 saturated heterocycles. The first-order valence-corrected chi connectivity index (χ1v) is 7.98. The molecule has 1 heterocycles. The molecule has 5 heteroatoms. The Morgan fingerprint density at radius 1 is 1.20 bits per heavy atom. The molecular formula is C15H28N2O3. The summed E-state index contributed by atoms with van der Waals surface area (Å²) in [7, 11) is 0. The van der Waals surface area contributed by atoms with E-state index in [1.54, 1.807) is 0 Å². The van der Waals surface area contributed by atoms with Crippen LogP contribution in [-0.2, 0) is 4.79 Å². The number of piperidine rings is 1. The van der Waals surface area contributed by atoms with Gasteiger partial charge in [-0.1, -0.05) is 12.8 Å². The summed E-state index contributed by atoms with van der Waals surface area (Å²) in [5.41, 5.74) is 0. The molecule has 0 bridgehead atoms. The van der Waals surface area contributed by atoms with E-state index in [1.165, 1.54) is 12.8 Å². The predicted molar refractivity (Wildman–Crippen MR) is 77.2 cm³/mol. The van der Waals surface area contributed by atoms with Crippen LogP contribution in [0.25, 0.3) is 0 Å². The average molecular weight is 284 g/mol. The van der Waals surface area contributed by atoms with Crippen molar-refractivity contribution in [1.82, 2.24) is 10.2 Å². The van der Waals surface area contributed by atoms with Crippen molar-refractivity contribution >= 4 is 5.91 Å². The van der Waals surface area contributed by atoms with Crippen LogP contribution in [0.5, 0.6) is 0 Å². The third-order valence-corrected chi connectivity index (χ3v) is 4.68. The topological polar surface area (TPSA) is 72.8 Å². The second-order valence-corrected chi connectivity index (χ2v) is 6.31. The zero-order valence-corrected chi connectivity index (χ0v) is 12.3. The number of hydrogen-bond donors (Lipinski definition) is 3. The summed E-state index contributed by atoms with van der Waals surface area (Å²) in [4.78, 5) is 14.1. The summed E-state index contributed by atoms with van der Waals surface area (Å²) >= 11 is 0. The van der Waals surface area contributed by atoms with E-state index in [0.29, 0.717) is 12.5 Å². The second-order valence-electron chi connectivity index (χ2n) is 6.31. The zero-order valence-electron chi connectivity index (χ0n) is 12.3. The van der Waals surface area contributed by atoms with Gasteiger partial charge >= 0.3 is 0 Å². The summed E-state index contributed by atoms with van der Waals surface area (Å²) in [6.07, 6.45) is 6.00. The Balaban J connectivity index is 1.60. The van der Waals surface area contributed by atoms with Gasteiger partial charge in [-0.05, 0) is 44.7 Å². The van der Waals surface area contributed by atoms with E-state index in [-0.39, 0.29) is 18.4 Å². The summed E-state index contributed by atoms with van der Waals surface area (Å²) in [6, 6.07) is 0. The minimum atomic E-state index is -0.631. The molecule has 1 amide bonds. The summed E-state index contributed by atoms with van der Waals surface area (Å²) < 4.78 is 0. The van der Waals surface area contributed by atoms with Crippen LogP contribution in [0, 0.1) is 11.8 Å². The van der Waals surface area contributed by atoms with Crippen LogP contribution in [-0.4, -0.2) is 59.9 Å². The van der Waals surface area contributed by atoms with Gasteiger partial charge in [0.15, 0.2) is 0 Å². The maximum atomic E-state index is 12.0. The highest BCUT2D eigenvalue weighted by Crippen LogP contribution is 2.25. The molecule has 0 aromatic carbocycles. The fourth-order valence-corrected chi connectivity index (χ4v) is 3.31. The smallest absolute Gasteiger partial charge is 0.223 e. The molecule has 1 aliphatic heterocycles. The normalized spacial score (nSPS) is 23.9. The lowest BCUT2D eigenvalue weighted by atomic mass is 9.96. The Bertz CT molecular complexity index is 297. The number of hydrogen-bond acceptors (Lipinski definition) is 4. The van der Waals surface area contributed by atoms with Gasteiger partial charge in [0.05, 0.1) is 12.7 Å². The number of rotatable bonds is 6. The monoisotopic (exact) mass is 284 g/mol. The molecule has 1 saturated carbocycles. The molecule has 20 heavy (non-hydrogen) atoms. The number of aliphatic hydroxyl groups excluding tert-OH is 2. The Labute approximate surface area is 121 Å². The summed E-state index contributed by atoms with van der Waals surface area (Å²) in [6.45, 7) is 3.07. The third kappa shape index (κ3) is 4.72. The fraction of sp³-hybridized carbons (Fsp3) is 0.933. The number of nitrogens with one attached hydrogen (secondary N) is 1. The number of nitrogens with zero attached hydrogens (tertiary/aromatic N) is 1. The molecule has 2 fully saturated rings. The molecule has 116 valence electrons. The van der Waals surface area contributed by atoms with E-state index in [0.717, 1.165) is 45.3 Å². The van der Waals surface area contributed by atoms with E-state index in [1.807, 2.05) is 0 Å². The molecule has 5 nitrogen and oxygen atoms in total. The number of β-amino-alcohol motifs (C(OH)–C–C–N with tert-alkyl or cyclic N) is 1. The Kier molecular flexibility index (Phi) is 6.26. The third-order valence-electron chi connectivity index (χ3n) is 4.68. The van der Waals surface area contributed by atoms with Crippen LogP contribution in [0.2, 0.25) is 0 Å². The van der Waals surface area contributed by atoms with Gasteiger partial charge in [0.1, 0.15) is 0 Å². The molecule has 0 aromatic rings. The van der Waals surface area contributed by atoms with Crippen LogP contribution < -0.4 is 5.32 Å². The predicted octanol–water partition coefficient (Wildman–Crippen LogP) is 0.358. The molecule has 0 spiro atoms. The quantitative estimate of drug-likeness (QED) is 0.658. The number of carbonyl (C=O) groups is 1. The lowest BCUT2D eigenvalue weighted by molar-refractivity contribution is -0.125. The van der Waals surface area contributed by atoms with E-state index in [9.17, 15) is 9.90 Å². The van der Waals surface area contributed by atoms with E-state index in [2.05, 4.69) is 10.2 Å². The number of carbonyl (C=O) groups excluding carboxylic acids is 1. The lowest BCUT2D eigenvalue weighted by Crippen LogP contribution is -2.43. The molecule has 1 aliphatic carbocycles. The van der Waals surface area contributed by atoms with Crippen LogP contribution in [0.15, 0.2) is 0 Å². The number of aliphatic hydroxyl groups is 2. The molecule has 1 unspecified atom stereocenters. The van der Waals surface area contributed by atoms with Crippen molar-refractivity contribution < 1.29 is 15.0 Å². The average Bonchev–Trinajstić information content (AvgIpc) is 3.00. The maximum absolute atomic E-state index is 12.0. The van der Waals surface area contributed by atoms with E-state index >= 15 is 0 Å². The van der Waals surface area contributed by atoms with Gasteiger partial charge in [-0.2, -0.15) is 0 Å². The minimum absolute atomic E-state index is 0.169. The van der Waals surface area contributed by atoms with E-state index < -0.39 is 6.10 Å². The van der Waals surface area contributed by atoms with Gasteiger partial charge in [-0.25, -0.2) is 0 Å². The molecule has 0 radical (unpaired) electrons. The van der Waals surface area contributed by atoms with Gasteiger partial charge in [0.25, 0.3) is 0 Å². The van der Waals surface area contributed by atoms with E-state index in [4.69, 9.17) is 5.11 Å². The summed E-state index contributed by atoms with van der Waals surface area (Å²) in [5.74, 6) is 1.07.